The molecule has 0 heterocycles. The second kappa shape index (κ2) is 8.13. The summed E-state index contributed by atoms with van der Waals surface area (Å²) in [5.74, 6) is 0. The molecule has 112 valence electrons. The molecule has 2 atom stereocenters. The number of hydrogen-bond acceptors (Lipinski definition) is 3. The van der Waals surface area contributed by atoms with Crippen molar-refractivity contribution in [2.24, 2.45) is 0 Å². The number of aliphatic hydroxyl groups is 1. The zero-order valence-corrected chi connectivity index (χ0v) is 13.6. The van der Waals surface area contributed by atoms with Crippen molar-refractivity contribution >= 4 is 15.9 Å². The standard InChI is InChI=1S/C16H24BrNO2/c1-12(13-6-8-14(17)9-7-13)18-10-15(19)11-20-16-4-2-3-5-16/h6-9,12,15-16,18-19H,2-5,10-11H2,1H3/t12-,15?/m0/s1. The maximum absolute atomic E-state index is 9.95. The summed E-state index contributed by atoms with van der Waals surface area (Å²) in [7, 11) is 0. The first kappa shape index (κ1) is 16.0. The van der Waals surface area contributed by atoms with E-state index in [9.17, 15) is 5.11 Å². The lowest BCUT2D eigenvalue weighted by Gasteiger charge is -2.19. The maximum Gasteiger partial charge on any atom is 0.0898 e. The first-order valence-electron chi connectivity index (χ1n) is 7.43. The molecule has 2 rings (SSSR count). The van der Waals surface area contributed by atoms with Crippen molar-refractivity contribution in [3.05, 3.63) is 34.3 Å². The second-order valence-electron chi connectivity index (χ2n) is 5.58. The molecule has 0 saturated heterocycles. The molecule has 0 amide bonds. The van der Waals surface area contributed by atoms with Crippen molar-refractivity contribution in [1.82, 2.24) is 5.32 Å². The van der Waals surface area contributed by atoms with Crippen molar-refractivity contribution in [1.29, 1.82) is 0 Å². The molecule has 2 N–H and O–H groups in total. The van der Waals surface area contributed by atoms with Crippen molar-refractivity contribution in [3.8, 4) is 0 Å². The van der Waals surface area contributed by atoms with Gasteiger partial charge in [0.2, 0.25) is 0 Å². The highest BCUT2D eigenvalue weighted by Gasteiger charge is 2.17. The van der Waals surface area contributed by atoms with Gasteiger partial charge in [-0.15, -0.1) is 0 Å². The minimum absolute atomic E-state index is 0.226. The normalized spacial score (nSPS) is 19.1. The van der Waals surface area contributed by atoms with Gasteiger partial charge in [0, 0.05) is 17.1 Å². The highest BCUT2D eigenvalue weighted by atomic mass is 79.9. The van der Waals surface area contributed by atoms with Crippen molar-refractivity contribution in [2.75, 3.05) is 13.2 Å². The van der Waals surface area contributed by atoms with E-state index in [0.717, 1.165) is 17.3 Å². The predicted molar refractivity (Wildman–Crippen MR) is 84.8 cm³/mol. The van der Waals surface area contributed by atoms with Crippen LogP contribution in [0, 0.1) is 0 Å². The molecule has 1 fully saturated rings. The molecule has 1 aliphatic rings. The second-order valence-corrected chi connectivity index (χ2v) is 6.49. The summed E-state index contributed by atoms with van der Waals surface area (Å²) in [5, 5.41) is 13.3. The Morgan fingerprint density at radius 2 is 1.95 bits per heavy atom. The van der Waals surface area contributed by atoms with Gasteiger partial charge in [0.25, 0.3) is 0 Å². The SMILES string of the molecule is C[C@H](NCC(O)COC1CCCC1)c1ccc(Br)cc1. The molecule has 1 unspecified atom stereocenters. The van der Waals surface area contributed by atoms with Crippen molar-refractivity contribution < 1.29 is 9.84 Å². The third kappa shape index (κ3) is 5.17. The number of rotatable bonds is 7. The first-order valence-corrected chi connectivity index (χ1v) is 8.23. The Morgan fingerprint density at radius 1 is 1.30 bits per heavy atom. The average Bonchev–Trinajstić information content (AvgIpc) is 2.96. The van der Waals surface area contributed by atoms with Crippen LogP contribution in [0.5, 0.6) is 0 Å². The van der Waals surface area contributed by atoms with E-state index in [-0.39, 0.29) is 6.04 Å². The van der Waals surface area contributed by atoms with E-state index in [2.05, 4.69) is 40.3 Å². The lowest BCUT2D eigenvalue weighted by atomic mass is 10.1. The Balaban J connectivity index is 1.66. The fourth-order valence-electron chi connectivity index (χ4n) is 2.54. The van der Waals surface area contributed by atoms with Crippen LogP contribution in [0.15, 0.2) is 28.7 Å². The third-order valence-corrected chi connectivity index (χ3v) is 4.38. The summed E-state index contributed by atoms with van der Waals surface area (Å²) in [6, 6.07) is 8.47. The summed E-state index contributed by atoms with van der Waals surface area (Å²) in [6.07, 6.45) is 4.76. The highest BCUT2D eigenvalue weighted by Crippen LogP contribution is 2.21. The Bertz CT molecular complexity index is 390. The fraction of sp³-hybridized carbons (Fsp3) is 0.625. The third-order valence-electron chi connectivity index (χ3n) is 3.86. The molecule has 0 bridgehead atoms. The zero-order chi connectivity index (χ0) is 14.4. The van der Waals surface area contributed by atoms with Crippen LogP contribution in [0.1, 0.15) is 44.2 Å². The van der Waals surface area contributed by atoms with Gasteiger partial charge in [0.1, 0.15) is 0 Å². The Labute approximate surface area is 129 Å². The fourth-order valence-corrected chi connectivity index (χ4v) is 2.81. The largest absolute Gasteiger partial charge is 0.389 e. The van der Waals surface area contributed by atoms with Crippen molar-refractivity contribution in [2.45, 2.75) is 50.9 Å². The molecule has 1 saturated carbocycles. The molecule has 1 aromatic carbocycles. The van der Waals surface area contributed by atoms with E-state index in [4.69, 9.17) is 4.74 Å². The number of nitrogens with one attached hydrogen (secondary N) is 1. The van der Waals surface area contributed by atoms with Gasteiger partial charge in [-0.2, -0.15) is 0 Å². The smallest absolute Gasteiger partial charge is 0.0898 e. The first-order chi connectivity index (χ1) is 9.65. The number of ether oxygens (including phenoxy) is 1. The summed E-state index contributed by atoms with van der Waals surface area (Å²) >= 11 is 3.43. The topological polar surface area (TPSA) is 41.5 Å². The molecule has 0 aliphatic heterocycles. The monoisotopic (exact) mass is 341 g/mol. The van der Waals surface area contributed by atoms with Crippen LogP contribution >= 0.6 is 15.9 Å². The van der Waals surface area contributed by atoms with Crippen LogP contribution in [0.3, 0.4) is 0 Å². The minimum Gasteiger partial charge on any atom is -0.389 e. The van der Waals surface area contributed by atoms with Crippen LogP contribution in [0.4, 0.5) is 0 Å². The van der Waals surface area contributed by atoms with E-state index >= 15 is 0 Å². The van der Waals surface area contributed by atoms with Gasteiger partial charge in [-0.1, -0.05) is 40.9 Å². The van der Waals surface area contributed by atoms with Crippen LogP contribution in [-0.4, -0.2) is 30.5 Å². The van der Waals surface area contributed by atoms with Gasteiger partial charge in [-0.25, -0.2) is 0 Å². The molecule has 1 aliphatic carbocycles. The van der Waals surface area contributed by atoms with E-state index in [1.807, 2.05) is 12.1 Å². The number of hydrogen-bond donors (Lipinski definition) is 2. The molecule has 0 aromatic heterocycles. The van der Waals surface area contributed by atoms with Crippen molar-refractivity contribution in [3.63, 3.8) is 0 Å². The molecule has 0 spiro atoms. The van der Waals surface area contributed by atoms with Crippen LogP contribution in [-0.2, 0) is 4.74 Å². The average molecular weight is 342 g/mol. The van der Waals surface area contributed by atoms with E-state index in [1.165, 1.54) is 18.4 Å². The van der Waals surface area contributed by atoms with E-state index in [1.54, 1.807) is 0 Å². The summed E-state index contributed by atoms with van der Waals surface area (Å²) in [4.78, 5) is 0. The van der Waals surface area contributed by atoms with Gasteiger partial charge >= 0.3 is 0 Å². The van der Waals surface area contributed by atoms with Gasteiger partial charge in [-0.05, 0) is 37.5 Å². The lowest BCUT2D eigenvalue weighted by Crippen LogP contribution is -2.33. The quantitative estimate of drug-likeness (QED) is 0.798. The van der Waals surface area contributed by atoms with Gasteiger partial charge in [-0.3, -0.25) is 0 Å². The van der Waals surface area contributed by atoms with E-state index in [0.29, 0.717) is 19.3 Å². The Morgan fingerprint density at radius 3 is 2.60 bits per heavy atom. The van der Waals surface area contributed by atoms with Gasteiger partial charge in [0.15, 0.2) is 0 Å². The zero-order valence-electron chi connectivity index (χ0n) is 12.0. The number of halogens is 1. The number of aliphatic hydroxyl groups excluding tert-OH is 1. The molecule has 1 aromatic rings. The minimum atomic E-state index is -0.437. The molecule has 0 radical (unpaired) electrons. The highest BCUT2D eigenvalue weighted by molar-refractivity contribution is 9.10. The number of benzene rings is 1. The van der Waals surface area contributed by atoms with Gasteiger partial charge in [0.05, 0.1) is 18.8 Å². The van der Waals surface area contributed by atoms with Crippen LogP contribution in [0.2, 0.25) is 0 Å². The summed E-state index contributed by atoms with van der Waals surface area (Å²) in [6.45, 7) is 3.10. The predicted octanol–water partition coefficient (Wildman–Crippen LogP) is 3.42. The maximum atomic E-state index is 9.95. The molecule has 3 nitrogen and oxygen atoms in total. The van der Waals surface area contributed by atoms with Crippen LogP contribution in [0.25, 0.3) is 0 Å². The van der Waals surface area contributed by atoms with Crippen LogP contribution < -0.4 is 5.32 Å². The molecule has 4 heteroatoms. The van der Waals surface area contributed by atoms with Gasteiger partial charge < -0.3 is 15.2 Å². The Kier molecular flexibility index (Phi) is 6.49. The Hall–Kier alpha value is -0.420. The molecule has 20 heavy (non-hydrogen) atoms. The summed E-state index contributed by atoms with van der Waals surface area (Å²) in [5.41, 5.74) is 1.22. The lowest BCUT2D eigenvalue weighted by molar-refractivity contribution is -0.00610. The molecular weight excluding hydrogens is 318 g/mol. The van der Waals surface area contributed by atoms with E-state index < -0.39 is 6.10 Å². The summed E-state index contributed by atoms with van der Waals surface area (Å²) < 4.78 is 6.80. The molecular formula is C16H24BrNO2.